The van der Waals surface area contributed by atoms with E-state index in [2.05, 4.69) is 42.3 Å². The highest BCUT2D eigenvalue weighted by Gasteiger charge is 2.36. The molecule has 1 fully saturated rings. The fraction of sp³-hybridized carbons (Fsp3) is 0.625. The Hall–Kier alpha value is -1.06. The number of likely N-dealkylation sites (N-methyl/N-ethyl adjacent to an activating group) is 1. The summed E-state index contributed by atoms with van der Waals surface area (Å²) >= 11 is 0. The quantitative estimate of drug-likeness (QED) is 0.883. The first-order valence-electron chi connectivity index (χ1n) is 7.16. The van der Waals surface area contributed by atoms with Gasteiger partial charge in [0, 0.05) is 5.54 Å². The Morgan fingerprint density at radius 1 is 1.26 bits per heavy atom. The molecular weight excluding hydrogens is 236 g/mol. The molecule has 1 saturated heterocycles. The summed E-state index contributed by atoms with van der Waals surface area (Å²) < 4.78 is 5.35. The van der Waals surface area contributed by atoms with E-state index < -0.39 is 0 Å². The minimum Gasteiger partial charge on any atom is -0.497 e. The molecule has 1 aromatic rings. The highest BCUT2D eigenvalue weighted by molar-refractivity contribution is 5.32. The molecule has 0 radical (unpaired) electrons. The molecule has 0 spiro atoms. The van der Waals surface area contributed by atoms with Gasteiger partial charge in [-0.05, 0) is 64.5 Å². The van der Waals surface area contributed by atoms with E-state index in [4.69, 9.17) is 4.74 Å². The van der Waals surface area contributed by atoms with E-state index in [9.17, 15) is 0 Å². The van der Waals surface area contributed by atoms with Crippen LogP contribution in [-0.2, 0) is 0 Å². The molecule has 0 bridgehead atoms. The highest BCUT2D eigenvalue weighted by atomic mass is 16.5. The number of hydrogen-bond acceptors (Lipinski definition) is 3. The predicted molar refractivity (Wildman–Crippen MR) is 79.7 cm³/mol. The number of benzene rings is 1. The second-order valence-corrected chi connectivity index (χ2v) is 5.85. The number of methoxy groups -OCH3 is 1. The average Bonchev–Trinajstić information content (AvgIpc) is 2.94. The molecule has 3 heteroatoms. The van der Waals surface area contributed by atoms with Gasteiger partial charge in [-0.3, -0.25) is 4.90 Å². The van der Waals surface area contributed by atoms with Crippen molar-refractivity contribution in [2.45, 2.75) is 38.3 Å². The number of nitrogens with zero attached hydrogens (tertiary/aromatic N) is 1. The molecule has 106 valence electrons. The van der Waals surface area contributed by atoms with E-state index in [0.717, 1.165) is 5.75 Å². The Bertz CT molecular complexity index is 411. The van der Waals surface area contributed by atoms with Crippen LogP contribution in [0.2, 0.25) is 0 Å². The summed E-state index contributed by atoms with van der Waals surface area (Å²) in [5.41, 5.74) is 1.40. The van der Waals surface area contributed by atoms with Crippen LogP contribution in [0.15, 0.2) is 24.3 Å². The normalized spacial score (nSPS) is 18.5. The molecule has 1 aliphatic rings. The molecule has 1 aromatic carbocycles. The van der Waals surface area contributed by atoms with Gasteiger partial charge in [0.15, 0.2) is 0 Å². The Kier molecular flexibility index (Phi) is 4.48. The van der Waals surface area contributed by atoms with E-state index in [-0.39, 0.29) is 5.54 Å². The third-order valence-electron chi connectivity index (χ3n) is 4.34. The smallest absolute Gasteiger partial charge is 0.119 e. The number of ether oxygens (including phenoxy) is 1. The number of rotatable bonds is 5. The van der Waals surface area contributed by atoms with Crippen molar-refractivity contribution in [1.29, 1.82) is 0 Å². The van der Waals surface area contributed by atoms with Gasteiger partial charge in [0.25, 0.3) is 0 Å². The zero-order chi connectivity index (χ0) is 13.9. The van der Waals surface area contributed by atoms with Gasteiger partial charge in [-0.25, -0.2) is 0 Å². The summed E-state index contributed by atoms with van der Waals surface area (Å²) in [7, 11) is 3.76. The van der Waals surface area contributed by atoms with Crippen molar-refractivity contribution in [2.75, 3.05) is 27.2 Å². The maximum absolute atomic E-state index is 5.35. The van der Waals surface area contributed by atoms with Crippen molar-refractivity contribution in [1.82, 2.24) is 10.2 Å². The molecule has 2 rings (SSSR count). The number of hydrogen-bond donors (Lipinski definition) is 1. The summed E-state index contributed by atoms with van der Waals surface area (Å²) in [5.74, 6) is 0.926. The first-order valence-corrected chi connectivity index (χ1v) is 7.16. The lowest BCUT2D eigenvalue weighted by Gasteiger charge is -2.42. The Morgan fingerprint density at radius 3 is 2.53 bits per heavy atom. The molecule has 19 heavy (non-hydrogen) atoms. The Morgan fingerprint density at radius 2 is 1.95 bits per heavy atom. The monoisotopic (exact) mass is 262 g/mol. The Labute approximate surface area is 116 Å². The first kappa shape index (κ1) is 14.4. The molecule has 1 heterocycles. The maximum atomic E-state index is 5.35. The summed E-state index contributed by atoms with van der Waals surface area (Å²) in [6.07, 6.45) is 2.63. The molecule has 1 aliphatic heterocycles. The van der Waals surface area contributed by atoms with E-state index >= 15 is 0 Å². The third-order valence-corrected chi connectivity index (χ3v) is 4.34. The van der Waals surface area contributed by atoms with Crippen molar-refractivity contribution in [3.63, 3.8) is 0 Å². The summed E-state index contributed by atoms with van der Waals surface area (Å²) in [4.78, 5) is 2.59. The van der Waals surface area contributed by atoms with Crippen LogP contribution >= 0.6 is 0 Å². The van der Waals surface area contributed by atoms with Crippen molar-refractivity contribution in [2.24, 2.45) is 0 Å². The van der Waals surface area contributed by atoms with Gasteiger partial charge < -0.3 is 10.1 Å². The van der Waals surface area contributed by atoms with Gasteiger partial charge in [-0.15, -0.1) is 0 Å². The van der Waals surface area contributed by atoms with Crippen LogP contribution in [0.25, 0.3) is 0 Å². The van der Waals surface area contributed by atoms with Crippen LogP contribution in [0.4, 0.5) is 0 Å². The lowest BCUT2D eigenvalue weighted by Crippen LogP contribution is -2.50. The van der Waals surface area contributed by atoms with E-state index in [1.165, 1.54) is 31.5 Å². The van der Waals surface area contributed by atoms with Gasteiger partial charge >= 0.3 is 0 Å². The van der Waals surface area contributed by atoms with E-state index in [0.29, 0.717) is 6.04 Å². The van der Waals surface area contributed by atoms with Gasteiger partial charge in [0.05, 0.1) is 13.2 Å². The zero-order valence-corrected chi connectivity index (χ0v) is 12.6. The van der Waals surface area contributed by atoms with Gasteiger partial charge in [-0.2, -0.15) is 0 Å². The molecular formula is C16H26N2O. The maximum Gasteiger partial charge on any atom is 0.119 e. The van der Waals surface area contributed by atoms with Crippen LogP contribution in [0.3, 0.4) is 0 Å². The number of likely N-dealkylation sites (tertiary alicyclic amines) is 1. The molecule has 1 unspecified atom stereocenters. The fourth-order valence-corrected chi connectivity index (χ4v) is 3.22. The fourth-order valence-electron chi connectivity index (χ4n) is 3.22. The lowest BCUT2D eigenvalue weighted by atomic mass is 9.87. The molecule has 3 nitrogen and oxygen atoms in total. The molecule has 0 aliphatic carbocycles. The van der Waals surface area contributed by atoms with Crippen LogP contribution in [-0.4, -0.2) is 37.7 Å². The van der Waals surface area contributed by atoms with Crippen LogP contribution < -0.4 is 10.1 Å². The van der Waals surface area contributed by atoms with Crippen molar-refractivity contribution in [3.8, 4) is 5.75 Å². The minimum atomic E-state index is 0.109. The topological polar surface area (TPSA) is 24.5 Å². The number of nitrogens with one attached hydrogen (secondary N) is 1. The van der Waals surface area contributed by atoms with E-state index in [1.54, 1.807) is 7.11 Å². The average molecular weight is 262 g/mol. The van der Waals surface area contributed by atoms with Gasteiger partial charge in [-0.1, -0.05) is 12.1 Å². The van der Waals surface area contributed by atoms with Crippen molar-refractivity contribution in [3.05, 3.63) is 29.8 Å². The molecule has 0 amide bonds. The Balaban J connectivity index is 2.26. The third kappa shape index (κ3) is 2.93. The van der Waals surface area contributed by atoms with Crippen molar-refractivity contribution < 1.29 is 4.74 Å². The summed E-state index contributed by atoms with van der Waals surface area (Å²) in [5, 5.41) is 3.49. The highest BCUT2D eigenvalue weighted by Crippen LogP contribution is 2.34. The lowest BCUT2D eigenvalue weighted by molar-refractivity contribution is 0.110. The zero-order valence-electron chi connectivity index (χ0n) is 12.6. The minimum absolute atomic E-state index is 0.109. The van der Waals surface area contributed by atoms with Gasteiger partial charge in [0.1, 0.15) is 5.75 Å². The largest absolute Gasteiger partial charge is 0.497 e. The van der Waals surface area contributed by atoms with Crippen LogP contribution in [0.5, 0.6) is 5.75 Å². The molecule has 0 saturated carbocycles. The predicted octanol–water partition coefficient (Wildman–Crippen LogP) is 2.83. The van der Waals surface area contributed by atoms with Gasteiger partial charge in [0.2, 0.25) is 0 Å². The SMILES string of the molecule is CNC(c1cccc(OC)c1)C(C)(C)N1CCCC1. The second kappa shape index (κ2) is 5.93. The first-order chi connectivity index (χ1) is 9.09. The second-order valence-electron chi connectivity index (χ2n) is 5.85. The van der Waals surface area contributed by atoms with Crippen molar-refractivity contribution >= 4 is 0 Å². The molecule has 1 N–H and O–H groups in total. The van der Waals surface area contributed by atoms with Crippen LogP contribution in [0.1, 0.15) is 38.3 Å². The summed E-state index contributed by atoms with van der Waals surface area (Å²) in [6.45, 7) is 7.07. The standard InChI is InChI=1S/C16H26N2O/c1-16(2,18-10-5-6-11-18)15(17-3)13-8-7-9-14(12-13)19-4/h7-9,12,15,17H,5-6,10-11H2,1-4H3. The van der Waals surface area contributed by atoms with Crippen LogP contribution in [0, 0.1) is 0 Å². The molecule has 0 aromatic heterocycles. The summed E-state index contributed by atoms with van der Waals surface area (Å²) in [6, 6.07) is 8.69. The van der Waals surface area contributed by atoms with E-state index in [1.807, 2.05) is 13.1 Å². The molecule has 1 atom stereocenters.